The summed E-state index contributed by atoms with van der Waals surface area (Å²) in [5.74, 6) is 0. The Morgan fingerprint density at radius 2 is 0.756 bits per heavy atom. The van der Waals surface area contributed by atoms with E-state index >= 15 is 0 Å². The van der Waals surface area contributed by atoms with Crippen LogP contribution in [-0.2, 0) is 0 Å². The molecule has 1 aromatic heterocycles. The van der Waals surface area contributed by atoms with Gasteiger partial charge in [-0.2, -0.15) is 0 Å². The lowest BCUT2D eigenvalue weighted by atomic mass is 9.87. The molecule has 0 fully saturated rings. The van der Waals surface area contributed by atoms with Crippen LogP contribution in [0.5, 0.6) is 0 Å². The minimum absolute atomic E-state index is 1.18. The van der Waals surface area contributed by atoms with E-state index in [0.717, 1.165) is 0 Å². The second kappa shape index (κ2) is 9.29. The molecule has 0 aliphatic carbocycles. The lowest BCUT2D eigenvalue weighted by Crippen LogP contribution is -1.95. The summed E-state index contributed by atoms with van der Waals surface area (Å²) >= 11 is 0. The number of rotatable bonds is 2. The van der Waals surface area contributed by atoms with E-state index in [1.54, 1.807) is 0 Å². The van der Waals surface area contributed by atoms with Crippen LogP contribution in [0, 0.1) is 0 Å². The Morgan fingerprint density at radius 1 is 0.267 bits per heavy atom. The third-order valence-electron chi connectivity index (χ3n) is 9.73. The van der Waals surface area contributed by atoms with E-state index in [2.05, 4.69) is 168 Å². The van der Waals surface area contributed by atoms with Crippen LogP contribution in [0.1, 0.15) is 0 Å². The zero-order chi connectivity index (χ0) is 29.5. The minimum atomic E-state index is 1.18. The summed E-state index contributed by atoms with van der Waals surface area (Å²) < 4.78 is 2.44. The van der Waals surface area contributed by atoms with E-state index in [-0.39, 0.29) is 0 Å². The van der Waals surface area contributed by atoms with Gasteiger partial charge in [-0.15, -0.1) is 0 Å². The van der Waals surface area contributed by atoms with Crippen molar-refractivity contribution < 1.29 is 0 Å². The molecule has 1 heterocycles. The normalized spacial score (nSPS) is 12.0. The largest absolute Gasteiger partial charge is 0.309 e. The summed E-state index contributed by atoms with van der Waals surface area (Å²) in [6.45, 7) is 0. The van der Waals surface area contributed by atoms with Gasteiger partial charge in [0.15, 0.2) is 0 Å². The molecule has 0 atom stereocenters. The molecular weight excluding hydrogens is 542 g/mol. The predicted molar refractivity (Wildman–Crippen MR) is 194 cm³/mol. The molecule has 1 heteroatoms. The van der Waals surface area contributed by atoms with Crippen molar-refractivity contribution in [2.45, 2.75) is 0 Å². The Labute approximate surface area is 260 Å². The zero-order valence-electron chi connectivity index (χ0n) is 24.5. The van der Waals surface area contributed by atoms with E-state index in [9.17, 15) is 0 Å². The van der Waals surface area contributed by atoms with Crippen LogP contribution in [0.4, 0.5) is 0 Å². The minimum Gasteiger partial charge on any atom is -0.309 e. The smallest absolute Gasteiger partial charge is 0.0541 e. The second-order valence-corrected chi connectivity index (χ2v) is 12.1. The Kier molecular flexibility index (Phi) is 5.06. The van der Waals surface area contributed by atoms with Gasteiger partial charge in [-0.25, -0.2) is 0 Å². The van der Waals surface area contributed by atoms with Gasteiger partial charge in [0, 0.05) is 16.5 Å². The molecule has 9 aromatic carbocycles. The first-order valence-electron chi connectivity index (χ1n) is 15.6. The second-order valence-electron chi connectivity index (χ2n) is 12.1. The predicted octanol–water partition coefficient (Wildman–Crippen LogP) is 12.2. The van der Waals surface area contributed by atoms with Gasteiger partial charge >= 0.3 is 0 Å². The van der Waals surface area contributed by atoms with Gasteiger partial charge in [0.05, 0.1) is 11.0 Å². The molecular formula is C44H27N. The first-order chi connectivity index (χ1) is 22.3. The molecule has 10 aromatic rings. The molecule has 0 radical (unpaired) electrons. The Balaban J connectivity index is 1.33. The molecule has 0 bridgehead atoms. The van der Waals surface area contributed by atoms with Crippen molar-refractivity contribution in [3.8, 4) is 16.8 Å². The lowest BCUT2D eigenvalue weighted by molar-refractivity contribution is 1.19. The van der Waals surface area contributed by atoms with Gasteiger partial charge in [-0.1, -0.05) is 133 Å². The van der Waals surface area contributed by atoms with E-state index in [4.69, 9.17) is 0 Å². The zero-order valence-corrected chi connectivity index (χ0v) is 24.5. The average Bonchev–Trinajstić information content (AvgIpc) is 3.45. The fourth-order valence-corrected chi connectivity index (χ4v) is 7.81. The number of hydrogen-bond acceptors (Lipinski definition) is 0. The van der Waals surface area contributed by atoms with E-state index in [1.807, 2.05) is 0 Å². The fraction of sp³-hybridized carbons (Fsp3) is 0. The Morgan fingerprint density at radius 3 is 1.40 bits per heavy atom. The summed E-state index contributed by atoms with van der Waals surface area (Å²) in [7, 11) is 0. The van der Waals surface area contributed by atoms with Crippen molar-refractivity contribution in [2.75, 3.05) is 0 Å². The molecule has 0 aliphatic rings. The molecule has 1 nitrogen and oxygen atoms in total. The maximum Gasteiger partial charge on any atom is 0.0541 e. The van der Waals surface area contributed by atoms with Crippen LogP contribution in [0.2, 0.25) is 0 Å². The average molecular weight is 570 g/mol. The fourth-order valence-electron chi connectivity index (χ4n) is 7.81. The summed E-state index contributed by atoms with van der Waals surface area (Å²) in [5, 5.41) is 15.6. The van der Waals surface area contributed by atoms with Crippen molar-refractivity contribution in [1.29, 1.82) is 0 Å². The number of fused-ring (bicyclic) bond motifs is 14. The number of hydrogen-bond donors (Lipinski definition) is 0. The van der Waals surface area contributed by atoms with Gasteiger partial charge in [0.2, 0.25) is 0 Å². The number of aromatic nitrogens is 1. The van der Waals surface area contributed by atoms with Gasteiger partial charge < -0.3 is 4.57 Å². The van der Waals surface area contributed by atoms with Crippen LogP contribution in [0.25, 0.3) is 92.5 Å². The topological polar surface area (TPSA) is 4.93 Å². The SMILES string of the molecule is c1ccc(-c2ccc3c(c2)c2ccccc2n3-c2ccc3c(c2)c2ccccc2c2c4ccccc4c4ccccc4c32)cc1. The molecule has 0 saturated carbocycles. The summed E-state index contributed by atoms with van der Waals surface area (Å²) in [5.41, 5.74) is 6.09. The molecule has 10 rings (SSSR count). The third kappa shape index (κ3) is 3.44. The van der Waals surface area contributed by atoms with Crippen LogP contribution >= 0.6 is 0 Å². The van der Waals surface area contributed by atoms with Crippen molar-refractivity contribution >= 4 is 75.7 Å². The highest BCUT2D eigenvalue weighted by Crippen LogP contribution is 2.44. The number of para-hydroxylation sites is 1. The number of nitrogens with zero attached hydrogens (tertiary/aromatic N) is 1. The molecule has 0 saturated heterocycles. The highest BCUT2D eigenvalue weighted by molar-refractivity contribution is 6.39. The molecule has 208 valence electrons. The lowest BCUT2D eigenvalue weighted by Gasteiger charge is -2.17. The van der Waals surface area contributed by atoms with Gasteiger partial charge in [-0.3, -0.25) is 0 Å². The number of benzene rings is 9. The molecule has 0 aliphatic heterocycles. The van der Waals surface area contributed by atoms with E-state index in [1.165, 1.54) is 92.5 Å². The quantitative estimate of drug-likeness (QED) is 0.183. The standard InChI is InChI=1S/C44H27N/c1-2-12-28(13-3-1)29-22-25-42-40(26-29)34-17-10-11-21-41(34)45(42)30-23-24-38-39(27-30)33-16-6-9-20-37(33)43-35-18-7-4-14-31(35)32-15-5-8-19-36(32)44(38)43/h1-27H. The van der Waals surface area contributed by atoms with Gasteiger partial charge in [-0.05, 0) is 95.3 Å². The highest BCUT2D eigenvalue weighted by atomic mass is 15.0. The van der Waals surface area contributed by atoms with Crippen molar-refractivity contribution in [2.24, 2.45) is 0 Å². The molecule has 0 spiro atoms. The Hall–Kier alpha value is -5.92. The third-order valence-corrected chi connectivity index (χ3v) is 9.73. The first-order valence-corrected chi connectivity index (χ1v) is 15.6. The van der Waals surface area contributed by atoms with Crippen LogP contribution in [-0.4, -0.2) is 4.57 Å². The molecule has 0 N–H and O–H groups in total. The van der Waals surface area contributed by atoms with Gasteiger partial charge in [0.1, 0.15) is 0 Å². The van der Waals surface area contributed by atoms with Crippen LogP contribution in [0.3, 0.4) is 0 Å². The molecule has 0 amide bonds. The molecule has 0 unspecified atom stereocenters. The maximum atomic E-state index is 2.44. The molecule has 45 heavy (non-hydrogen) atoms. The summed E-state index contributed by atoms with van der Waals surface area (Å²) in [6, 6.07) is 60.2. The highest BCUT2D eigenvalue weighted by Gasteiger charge is 2.18. The maximum absolute atomic E-state index is 2.44. The van der Waals surface area contributed by atoms with Crippen molar-refractivity contribution in [3.63, 3.8) is 0 Å². The first kappa shape index (κ1) is 24.5. The van der Waals surface area contributed by atoms with Gasteiger partial charge in [0.25, 0.3) is 0 Å². The monoisotopic (exact) mass is 569 g/mol. The van der Waals surface area contributed by atoms with Crippen molar-refractivity contribution in [3.05, 3.63) is 164 Å². The van der Waals surface area contributed by atoms with E-state index < -0.39 is 0 Å². The summed E-state index contributed by atoms with van der Waals surface area (Å²) in [6.07, 6.45) is 0. The van der Waals surface area contributed by atoms with Crippen LogP contribution < -0.4 is 0 Å². The van der Waals surface area contributed by atoms with Crippen molar-refractivity contribution in [1.82, 2.24) is 4.57 Å². The Bertz CT molecular complexity index is 2800. The van der Waals surface area contributed by atoms with E-state index in [0.29, 0.717) is 0 Å². The van der Waals surface area contributed by atoms with Crippen LogP contribution in [0.15, 0.2) is 164 Å². The summed E-state index contributed by atoms with van der Waals surface area (Å²) in [4.78, 5) is 0.